The van der Waals surface area contributed by atoms with Gasteiger partial charge in [-0.2, -0.15) is 0 Å². The first-order valence-corrected chi connectivity index (χ1v) is 6.71. The van der Waals surface area contributed by atoms with Gasteiger partial charge in [0.25, 0.3) is 0 Å². The second-order valence-electron chi connectivity index (χ2n) is 5.56. The van der Waals surface area contributed by atoms with E-state index in [9.17, 15) is 0 Å². The predicted octanol–water partition coefficient (Wildman–Crippen LogP) is 1.40. The molecule has 0 amide bonds. The Morgan fingerprint density at radius 1 is 1.38 bits per heavy atom. The lowest BCUT2D eigenvalue weighted by Crippen LogP contribution is -2.39. The van der Waals surface area contributed by atoms with Crippen molar-refractivity contribution in [1.82, 2.24) is 15.1 Å². The molecule has 16 heavy (non-hydrogen) atoms. The van der Waals surface area contributed by atoms with Gasteiger partial charge in [-0.05, 0) is 53.0 Å². The molecule has 0 radical (unpaired) electrons. The average Bonchev–Trinajstić information content (AvgIpc) is 2.59. The highest BCUT2D eigenvalue weighted by atomic mass is 15.2. The zero-order valence-corrected chi connectivity index (χ0v) is 11.5. The summed E-state index contributed by atoms with van der Waals surface area (Å²) in [5, 5.41) is 3.49. The molecule has 1 saturated heterocycles. The highest BCUT2D eigenvalue weighted by Crippen LogP contribution is 2.17. The maximum absolute atomic E-state index is 3.49. The molecule has 1 fully saturated rings. The van der Waals surface area contributed by atoms with E-state index in [1.807, 2.05) is 0 Å². The van der Waals surface area contributed by atoms with Crippen molar-refractivity contribution in [3.05, 3.63) is 0 Å². The molecular formula is C13H29N3. The van der Waals surface area contributed by atoms with Gasteiger partial charge in [0.1, 0.15) is 0 Å². The first-order chi connectivity index (χ1) is 7.59. The van der Waals surface area contributed by atoms with E-state index in [2.05, 4.69) is 43.1 Å². The van der Waals surface area contributed by atoms with E-state index < -0.39 is 0 Å². The van der Waals surface area contributed by atoms with Crippen molar-refractivity contribution in [3.8, 4) is 0 Å². The molecule has 3 nitrogen and oxygen atoms in total. The van der Waals surface area contributed by atoms with Gasteiger partial charge in [-0.25, -0.2) is 0 Å². The van der Waals surface area contributed by atoms with Gasteiger partial charge in [0.05, 0.1) is 0 Å². The first-order valence-electron chi connectivity index (χ1n) is 6.71. The smallest absolute Gasteiger partial charge is 0.0223 e. The standard InChI is InChI=1S/C13H29N3/c1-12(2)14-8-6-10-16-9-5-7-13(16)11-15(3)4/h12-14H,5-11H2,1-4H3. The zero-order valence-electron chi connectivity index (χ0n) is 11.5. The van der Waals surface area contributed by atoms with Crippen molar-refractivity contribution < 1.29 is 0 Å². The largest absolute Gasteiger partial charge is 0.314 e. The predicted molar refractivity (Wildman–Crippen MR) is 70.9 cm³/mol. The van der Waals surface area contributed by atoms with Crippen LogP contribution in [0.2, 0.25) is 0 Å². The second-order valence-corrected chi connectivity index (χ2v) is 5.56. The number of hydrogen-bond donors (Lipinski definition) is 1. The molecule has 1 unspecified atom stereocenters. The van der Waals surface area contributed by atoms with Gasteiger partial charge >= 0.3 is 0 Å². The van der Waals surface area contributed by atoms with E-state index in [4.69, 9.17) is 0 Å². The number of nitrogens with zero attached hydrogens (tertiary/aromatic N) is 2. The maximum Gasteiger partial charge on any atom is 0.0223 e. The molecule has 0 saturated carbocycles. The minimum absolute atomic E-state index is 0.621. The molecule has 1 atom stereocenters. The van der Waals surface area contributed by atoms with Crippen LogP contribution in [0.1, 0.15) is 33.1 Å². The summed E-state index contributed by atoms with van der Waals surface area (Å²) in [5.41, 5.74) is 0. The summed E-state index contributed by atoms with van der Waals surface area (Å²) in [4.78, 5) is 4.98. The zero-order chi connectivity index (χ0) is 12.0. The van der Waals surface area contributed by atoms with E-state index in [1.165, 1.54) is 38.9 Å². The van der Waals surface area contributed by atoms with Crippen LogP contribution >= 0.6 is 0 Å². The number of rotatable bonds is 7. The number of nitrogens with one attached hydrogen (secondary N) is 1. The number of hydrogen-bond acceptors (Lipinski definition) is 3. The topological polar surface area (TPSA) is 18.5 Å². The Bertz CT molecular complexity index is 180. The Labute approximate surface area is 101 Å². The fourth-order valence-corrected chi connectivity index (χ4v) is 2.49. The molecular weight excluding hydrogens is 198 g/mol. The Hall–Kier alpha value is -0.120. The monoisotopic (exact) mass is 227 g/mol. The highest BCUT2D eigenvalue weighted by Gasteiger charge is 2.23. The van der Waals surface area contributed by atoms with Crippen LogP contribution < -0.4 is 5.32 Å². The molecule has 1 aliphatic heterocycles. The summed E-state index contributed by atoms with van der Waals surface area (Å²) in [6, 6.07) is 1.42. The minimum Gasteiger partial charge on any atom is -0.314 e. The maximum atomic E-state index is 3.49. The lowest BCUT2D eigenvalue weighted by atomic mass is 10.2. The Balaban J connectivity index is 2.14. The third kappa shape index (κ3) is 5.28. The number of likely N-dealkylation sites (tertiary alicyclic amines) is 1. The number of likely N-dealkylation sites (N-methyl/N-ethyl adjacent to an activating group) is 1. The lowest BCUT2D eigenvalue weighted by molar-refractivity contribution is 0.205. The van der Waals surface area contributed by atoms with Crippen molar-refractivity contribution in [1.29, 1.82) is 0 Å². The summed E-state index contributed by atoms with van der Waals surface area (Å²) < 4.78 is 0. The van der Waals surface area contributed by atoms with Gasteiger partial charge in [-0.1, -0.05) is 13.8 Å². The van der Waals surface area contributed by atoms with Crippen LogP contribution in [0.25, 0.3) is 0 Å². The fourth-order valence-electron chi connectivity index (χ4n) is 2.49. The molecule has 1 heterocycles. The molecule has 1 aliphatic rings. The summed E-state index contributed by atoms with van der Waals surface area (Å²) in [6.07, 6.45) is 4.05. The van der Waals surface area contributed by atoms with Gasteiger partial charge in [0.2, 0.25) is 0 Å². The molecule has 0 aromatic rings. The van der Waals surface area contributed by atoms with E-state index in [0.717, 1.165) is 12.6 Å². The fraction of sp³-hybridized carbons (Fsp3) is 1.00. The molecule has 0 aromatic heterocycles. The second kappa shape index (κ2) is 7.25. The molecule has 96 valence electrons. The first kappa shape index (κ1) is 13.9. The van der Waals surface area contributed by atoms with Crippen LogP contribution in [0.5, 0.6) is 0 Å². The van der Waals surface area contributed by atoms with Crippen molar-refractivity contribution in [2.75, 3.05) is 40.3 Å². The third-order valence-electron chi connectivity index (χ3n) is 3.25. The SMILES string of the molecule is CC(C)NCCCN1CCCC1CN(C)C. The van der Waals surface area contributed by atoms with Gasteiger partial charge in [0, 0.05) is 18.6 Å². The van der Waals surface area contributed by atoms with Crippen molar-refractivity contribution in [2.24, 2.45) is 0 Å². The van der Waals surface area contributed by atoms with E-state index in [-0.39, 0.29) is 0 Å². The summed E-state index contributed by atoms with van der Waals surface area (Å²) >= 11 is 0. The van der Waals surface area contributed by atoms with Crippen LogP contribution in [0, 0.1) is 0 Å². The van der Waals surface area contributed by atoms with Gasteiger partial charge in [-0.3, -0.25) is 4.90 Å². The molecule has 0 spiro atoms. The summed E-state index contributed by atoms with van der Waals surface area (Å²) in [5.74, 6) is 0. The Morgan fingerprint density at radius 2 is 2.12 bits per heavy atom. The summed E-state index contributed by atoms with van der Waals surface area (Å²) in [6.45, 7) is 9.37. The van der Waals surface area contributed by atoms with Gasteiger partial charge < -0.3 is 10.2 Å². The minimum atomic E-state index is 0.621. The average molecular weight is 227 g/mol. The van der Waals surface area contributed by atoms with Crippen molar-refractivity contribution in [3.63, 3.8) is 0 Å². The van der Waals surface area contributed by atoms with Crippen LogP contribution in [0.15, 0.2) is 0 Å². The van der Waals surface area contributed by atoms with Gasteiger partial charge in [-0.15, -0.1) is 0 Å². The quantitative estimate of drug-likeness (QED) is 0.663. The Kier molecular flexibility index (Phi) is 6.32. The van der Waals surface area contributed by atoms with Crippen LogP contribution in [0.4, 0.5) is 0 Å². The van der Waals surface area contributed by atoms with E-state index in [1.54, 1.807) is 0 Å². The van der Waals surface area contributed by atoms with E-state index >= 15 is 0 Å². The van der Waals surface area contributed by atoms with Crippen LogP contribution in [-0.4, -0.2) is 62.2 Å². The molecule has 0 bridgehead atoms. The molecule has 1 rings (SSSR count). The van der Waals surface area contributed by atoms with Crippen molar-refractivity contribution >= 4 is 0 Å². The molecule has 1 N–H and O–H groups in total. The van der Waals surface area contributed by atoms with E-state index in [0.29, 0.717) is 6.04 Å². The molecule has 0 aliphatic carbocycles. The molecule has 0 aromatic carbocycles. The van der Waals surface area contributed by atoms with Crippen LogP contribution in [-0.2, 0) is 0 Å². The normalized spacial score (nSPS) is 22.5. The third-order valence-corrected chi connectivity index (χ3v) is 3.25. The Morgan fingerprint density at radius 3 is 2.75 bits per heavy atom. The van der Waals surface area contributed by atoms with Crippen molar-refractivity contribution in [2.45, 2.75) is 45.2 Å². The van der Waals surface area contributed by atoms with Crippen LogP contribution in [0.3, 0.4) is 0 Å². The molecule has 3 heteroatoms. The van der Waals surface area contributed by atoms with Gasteiger partial charge in [0.15, 0.2) is 0 Å². The highest BCUT2D eigenvalue weighted by molar-refractivity contribution is 4.80. The lowest BCUT2D eigenvalue weighted by Gasteiger charge is -2.27. The summed E-state index contributed by atoms with van der Waals surface area (Å²) in [7, 11) is 4.35.